The van der Waals surface area contributed by atoms with Crippen LogP contribution in [0.4, 0.5) is 8.68 Å². The van der Waals surface area contributed by atoms with Crippen LogP contribution in [0.3, 0.4) is 0 Å². The van der Waals surface area contributed by atoms with Gasteiger partial charge in [-0.05, 0) is 96.8 Å². The van der Waals surface area contributed by atoms with E-state index < -0.39 is 150 Å². The molecule has 4 aromatic rings. The highest BCUT2D eigenvalue weighted by molar-refractivity contribution is 7.81. The van der Waals surface area contributed by atoms with Gasteiger partial charge in [-0.2, -0.15) is 8.42 Å². The van der Waals surface area contributed by atoms with Crippen molar-refractivity contribution in [1.82, 2.24) is 37.2 Å². The van der Waals surface area contributed by atoms with Gasteiger partial charge >= 0.3 is 46.4 Å². The fourth-order valence-electron chi connectivity index (χ4n) is 7.45. The Morgan fingerprint density at radius 3 is 1.50 bits per heavy atom. The zero-order chi connectivity index (χ0) is 57.5. The quantitative estimate of drug-likeness (QED) is 0.0245. The number of hydrogen-bond acceptors (Lipinski definition) is 14. The highest BCUT2D eigenvalue weighted by Crippen LogP contribution is 2.19. The van der Waals surface area contributed by atoms with Crippen molar-refractivity contribution in [2.45, 2.75) is 101 Å². The molecule has 7 amide bonds. The Morgan fingerprint density at radius 2 is 0.962 bits per heavy atom. The Kier molecular flexibility index (Phi) is 23.4. The van der Waals surface area contributed by atoms with Crippen molar-refractivity contribution in [3.8, 4) is 5.75 Å². The van der Waals surface area contributed by atoms with Gasteiger partial charge < -0.3 is 66.9 Å². The number of unbranched alkanes of at least 4 members (excludes halogenated alkanes) is 1. The van der Waals surface area contributed by atoms with Gasteiger partial charge in [0.1, 0.15) is 36.0 Å². The minimum absolute atomic E-state index is 0.00903. The summed E-state index contributed by atoms with van der Waals surface area (Å²) in [5, 5.41) is 65.1. The summed E-state index contributed by atoms with van der Waals surface area (Å²) < 4.78 is 38.6. The molecule has 78 heavy (non-hydrogen) atoms. The molecule has 0 spiro atoms. The molecule has 0 aliphatic carbocycles. The second-order valence-electron chi connectivity index (χ2n) is 17.4. The van der Waals surface area contributed by atoms with Crippen LogP contribution < -0.4 is 41.4 Å². The second-order valence-corrected chi connectivity index (χ2v) is 18.4. The molecule has 26 nitrogen and oxygen atoms in total. The molecule has 0 radical (unpaired) electrons. The summed E-state index contributed by atoms with van der Waals surface area (Å²) in [5.74, 6) is -11.6. The monoisotopic (exact) mass is 1110 g/mol. The topological polar surface area (TPSA) is 416 Å². The lowest BCUT2D eigenvalue weighted by Crippen LogP contribution is -2.53. The van der Waals surface area contributed by atoms with Crippen molar-refractivity contribution < 1.29 is 94.8 Å². The number of benzene rings is 4. The smallest absolute Gasteiger partial charge is 0.481 e. The van der Waals surface area contributed by atoms with E-state index in [1.54, 1.807) is 6.07 Å². The number of halogens is 1. The van der Waals surface area contributed by atoms with Gasteiger partial charge in [-0.15, -0.1) is 0 Å². The number of nitrogens with one attached hydrogen (secondary N) is 7. The van der Waals surface area contributed by atoms with Gasteiger partial charge in [0.25, 0.3) is 11.8 Å². The standard InChI is InChI=1S/C50H56FN7O19S/c51-78(75,76)77-34-16-14-32(15-17-34)43(65)54-36(19-22-41(61)62)47(69)55-35(18-21-40(59)60)45(67)53-27-28-8-12-31(13-9-28)44(66)56-39(26-29-10-11-30-5-1-2-6-33(30)25-29)46(68)52-24-4-3-7-37(48(70)71)57-50(74)58-38(49(72)73)20-23-42(63)64/h1-2,5-6,8-17,25,35-39H,3-4,7,18-24,26-27H2,(H,52,68)(H,53,67)(H,54,65)(H,55,69)(H,56,66)(H,59,60)(H,61,62)(H,63,64)(H,70,71)(H,72,73)(H2,57,58,74)/t35-,36-,37-,38-,39-/m0/s1/i51-1. The Morgan fingerprint density at radius 1 is 0.487 bits per heavy atom. The first-order chi connectivity index (χ1) is 36.9. The molecule has 0 unspecified atom stereocenters. The van der Waals surface area contributed by atoms with E-state index in [4.69, 9.17) is 5.11 Å². The summed E-state index contributed by atoms with van der Waals surface area (Å²) in [6.45, 7) is -0.207. The van der Waals surface area contributed by atoms with Gasteiger partial charge in [-0.25, -0.2) is 14.4 Å². The molecule has 0 fully saturated rings. The third kappa shape index (κ3) is 21.6. The number of amides is 7. The molecule has 0 bridgehead atoms. The number of carboxylic acids is 5. The van der Waals surface area contributed by atoms with Crippen LogP contribution in [0.15, 0.2) is 91.0 Å². The third-order valence-electron chi connectivity index (χ3n) is 11.5. The van der Waals surface area contributed by atoms with Crippen molar-refractivity contribution in [2.75, 3.05) is 6.54 Å². The minimum atomic E-state index is -5.38. The Labute approximate surface area is 443 Å². The SMILES string of the molecule is O=C(O)CC[C@H](NC(=O)N[C@@H](CCCCNC(=O)[C@H](Cc1ccc2ccccc2c1)NC(=O)c1ccc(CNC(=O)[C@H](CCC(=O)O)NC(=O)[C@H](CCC(=O)O)NC(=O)c2ccc(OS(=O)(=O)[18F])cc2)cc1)C(=O)O)C(=O)O. The van der Waals surface area contributed by atoms with Gasteiger partial charge in [-0.3, -0.25) is 38.4 Å². The molecule has 4 aromatic carbocycles. The normalized spacial score (nSPS) is 12.9. The van der Waals surface area contributed by atoms with Crippen LogP contribution in [-0.2, 0) is 61.8 Å². The number of hydrogen-bond donors (Lipinski definition) is 12. The highest BCUT2D eigenvalue weighted by atomic mass is 32.3. The molecule has 5 atom stereocenters. The lowest BCUT2D eigenvalue weighted by Gasteiger charge is -2.23. The number of carboxylic acid groups (broad SMARTS) is 5. The minimum Gasteiger partial charge on any atom is -0.481 e. The number of carbonyl (C=O) groups is 11. The predicted molar refractivity (Wildman–Crippen MR) is 269 cm³/mol. The molecule has 4 rings (SSSR count). The summed E-state index contributed by atoms with van der Waals surface area (Å²) >= 11 is 0. The molecular weight excluding hydrogens is 1050 g/mol. The van der Waals surface area contributed by atoms with E-state index in [1.165, 1.54) is 24.3 Å². The fraction of sp³-hybridized carbons (Fsp3) is 0.340. The molecule has 0 saturated carbocycles. The summed E-state index contributed by atoms with van der Waals surface area (Å²) in [4.78, 5) is 137. The van der Waals surface area contributed by atoms with E-state index in [0.717, 1.165) is 35.0 Å². The lowest BCUT2D eigenvalue weighted by molar-refractivity contribution is -0.141. The van der Waals surface area contributed by atoms with E-state index in [2.05, 4.69) is 36.1 Å². The third-order valence-corrected chi connectivity index (χ3v) is 11.9. The van der Waals surface area contributed by atoms with Crippen LogP contribution >= 0.6 is 0 Å². The van der Waals surface area contributed by atoms with Gasteiger partial charge in [0, 0.05) is 49.9 Å². The van der Waals surface area contributed by atoms with Crippen molar-refractivity contribution >= 4 is 86.7 Å². The first-order valence-corrected chi connectivity index (χ1v) is 25.1. The maximum Gasteiger partial charge on any atom is 0.488 e. The van der Waals surface area contributed by atoms with E-state index in [9.17, 15) is 85.5 Å². The van der Waals surface area contributed by atoms with Gasteiger partial charge in [-0.1, -0.05) is 58.5 Å². The fourth-order valence-corrected chi connectivity index (χ4v) is 7.79. The second kappa shape index (κ2) is 29.8. The number of rotatable bonds is 32. The first kappa shape index (κ1) is 61.3. The largest absolute Gasteiger partial charge is 0.488 e. The maximum atomic E-state index is 13.7. The van der Waals surface area contributed by atoms with Crippen LogP contribution in [0.5, 0.6) is 5.75 Å². The average molecular weight is 1110 g/mol. The van der Waals surface area contributed by atoms with Crippen molar-refractivity contribution in [1.29, 1.82) is 0 Å². The summed E-state index contributed by atoms with van der Waals surface area (Å²) in [6, 6.07) is 14.2. The number of carbonyl (C=O) groups excluding carboxylic acids is 6. The van der Waals surface area contributed by atoms with Crippen LogP contribution in [0, 0.1) is 0 Å². The summed E-state index contributed by atoms with van der Waals surface area (Å²) in [5.41, 5.74) is 1.01. The first-order valence-electron chi connectivity index (χ1n) is 23.8. The molecule has 0 aliphatic heterocycles. The van der Waals surface area contributed by atoms with Crippen molar-refractivity contribution in [2.24, 2.45) is 0 Å². The number of urea groups is 1. The molecule has 418 valence electrons. The maximum absolute atomic E-state index is 13.7. The van der Waals surface area contributed by atoms with Gasteiger partial charge in [0.15, 0.2) is 0 Å². The Bertz CT molecular complexity index is 2960. The molecule has 0 aromatic heterocycles. The van der Waals surface area contributed by atoms with Crippen molar-refractivity contribution in [3.63, 3.8) is 0 Å². The van der Waals surface area contributed by atoms with Crippen LogP contribution in [0.1, 0.15) is 89.6 Å². The van der Waals surface area contributed by atoms with Gasteiger partial charge in [0.05, 0.1) is 0 Å². The van der Waals surface area contributed by atoms with Crippen molar-refractivity contribution in [3.05, 3.63) is 113 Å². The number of aliphatic carboxylic acids is 5. The Hall–Kier alpha value is -9.21. The highest BCUT2D eigenvalue weighted by Gasteiger charge is 2.30. The van der Waals surface area contributed by atoms with Crippen LogP contribution in [0.25, 0.3) is 10.8 Å². The zero-order valence-corrected chi connectivity index (χ0v) is 42.1. The molecule has 0 heterocycles. The number of fused-ring (bicyclic) bond motifs is 1. The molecule has 28 heteroatoms. The zero-order valence-electron chi connectivity index (χ0n) is 41.3. The van der Waals surface area contributed by atoms with Crippen LogP contribution in [0.2, 0.25) is 0 Å². The summed E-state index contributed by atoms with van der Waals surface area (Å²) in [7, 11) is -5.38. The molecule has 0 saturated heterocycles. The van der Waals surface area contributed by atoms with Crippen LogP contribution in [-0.4, -0.2) is 136 Å². The van der Waals surface area contributed by atoms with E-state index >= 15 is 0 Å². The molecule has 0 aliphatic rings. The molecular formula is C50H56FN7O19S. The summed E-state index contributed by atoms with van der Waals surface area (Å²) in [6.07, 6.45) is -2.93. The van der Waals surface area contributed by atoms with E-state index in [-0.39, 0.29) is 49.9 Å². The Balaban J connectivity index is 1.39. The van der Waals surface area contributed by atoms with E-state index in [1.807, 2.05) is 41.7 Å². The molecule has 12 N–H and O–H groups in total. The average Bonchev–Trinajstić information content (AvgIpc) is 3.38. The van der Waals surface area contributed by atoms with E-state index in [0.29, 0.717) is 11.1 Å². The van der Waals surface area contributed by atoms with Gasteiger partial charge in [0.2, 0.25) is 17.7 Å². The lowest BCUT2D eigenvalue weighted by atomic mass is 10.0. The predicted octanol–water partition coefficient (Wildman–Crippen LogP) is 1.76.